The second kappa shape index (κ2) is 9.35. The Hall–Kier alpha value is -3.97. The van der Waals surface area contributed by atoms with E-state index in [2.05, 4.69) is 9.69 Å². The van der Waals surface area contributed by atoms with Gasteiger partial charge in [-0.15, -0.1) is 0 Å². The molecule has 0 unspecified atom stereocenters. The van der Waals surface area contributed by atoms with E-state index in [0.29, 0.717) is 18.5 Å². The highest BCUT2D eigenvalue weighted by Gasteiger charge is 2.51. The Labute approximate surface area is 207 Å². The monoisotopic (exact) mass is 484 g/mol. The number of carboxylic acid groups (broad SMARTS) is 1. The van der Waals surface area contributed by atoms with Crippen molar-refractivity contribution in [2.75, 3.05) is 5.32 Å². The first-order valence-electron chi connectivity index (χ1n) is 11.4. The third-order valence-electron chi connectivity index (χ3n) is 6.44. The van der Waals surface area contributed by atoms with Crippen molar-refractivity contribution in [3.05, 3.63) is 96.2 Å². The lowest BCUT2D eigenvalue weighted by atomic mass is 9.93. The van der Waals surface area contributed by atoms with Crippen LogP contribution in [0.25, 0.3) is 21.6 Å². The van der Waals surface area contributed by atoms with Gasteiger partial charge in [0, 0.05) is 0 Å². The number of carbonyl (C=O) groups excluding carboxylic acids is 1. The first-order valence-corrected chi connectivity index (χ1v) is 12.2. The number of ether oxygens (including phenoxy) is 1. The molecule has 1 heterocycles. The van der Waals surface area contributed by atoms with Crippen LogP contribution in [0.1, 0.15) is 37.0 Å². The molecule has 7 heteroatoms. The molecule has 1 saturated carbocycles. The van der Waals surface area contributed by atoms with Crippen molar-refractivity contribution in [2.45, 2.75) is 31.3 Å². The molecule has 0 spiro atoms. The number of carbonyl (C=O) groups is 2. The number of aromatic nitrogens is 1. The van der Waals surface area contributed by atoms with Crippen molar-refractivity contribution < 1.29 is 19.4 Å². The smallest absolute Gasteiger partial charge is 0.412 e. The molecule has 0 saturated heterocycles. The molecule has 1 aromatic heterocycles. The molecule has 1 fully saturated rings. The van der Waals surface area contributed by atoms with Crippen molar-refractivity contribution >= 4 is 29.3 Å². The zero-order chi connectivity index (χ0) is 24.4. The second-order valence-corrected chi connectivity index (χ2v) is 9.50. The number of nitrogens with zero attached hydrogens (tertiary/aromatic N) is 1. The summed E-state index contributed by atoms with van der Waals surface area (Å²) in [7, 11) is 0. The minimum atomic E-state index is -0.748. The van der Waals surface area contributed by atoms with Crippen LogP contribution in [-0.4, -0.2) is 21.5 Å². The van der Waals surface area contributed by atoms with Crippen molar-refractivity contribution in [3.63, 3.8) is 0 Å². The molecule has 1 aliphatic rings. The SMILES string of the molecule is C[C@@H](OC(=O)Nc1cnsc1-c1ccc(-c2ccc(C3(C(=O)O)CC3)cc2)cc1)c1ccccc1. The van der Waals surface area contributed by atoms with Gasteiger partial charge in [-0.1, -0.05) is 78.9 Å². The highest BCUT2D eigenvalue weighted by Crippen LogP contribution is 2.48. The first kappa shape index (κ1) is 22.8. The largest absolute Gasteiger partial charge is 0.481 e. The van der Waals surface area contributed by atoms with Crippen LogP contribution in [0, 0.1) is 0 Å². The summed E-state index contributed by atoms with van der Waals surface area (Å²) in [5, 5.41) is 12.3. The van der Waals surface area contributed by atoms with Gasteiger partial charge in [-0.3, -0.25) is 10.1 Å². The van der Waals surface area contributed by atoms with Gasteiger partial charge in [0.15, 0.2) is 0 Å². The third-order valence-corrected chi connectivity index (χ3v) is 7.29. The molecule has 0 bridgehead atoms. The number of anilines is 1. The van der Waals surface area contributed by atoms with Gasteiger partial charge in [-0.25, -0.2) is 4.79 Å². The topological polar surface area (TPSA) is 88.5 Å². The zero-order valence-electron chi connectivity index (χ0n) is 19.1. The molecular formula is C28H24N2O4S. The first-order chi connectivity index (χ1) is 17.0. The van der Waals surface area contributed by atoms with Gasteiger partial charge in [-0.05, 0) is 59.1 Å². The number of rotatable bonds is 7. The maximum atomic E-state index is 12.5. The minimum Gasteiger partial charge on any atom is -0.481 e. The van der Waals surface area contributed by atoms with Crippen LogP contribution in [0.2, 0.25) is 0 Å². The van der Waals surface area contributed by atoms with Gasteiger partial charge in [0.05, 0.1) is 22.2 Å². The van der Waals surface area contributed by atoms with E-state index in [-0.39, 0.29) is 6.10 Å². The third kappa shape index (κ3) is 4.68. The van der Waals surface area contributed by atoms with Crippen LogP contribution in [0.3, 0.4) is 0 Å². The highest BCUT2D eigenvalue weighted by atomic mass is 32.1. The summed E-state index contributed by atoms with van der Waals surface area (Å²) in [6.45, 7) is 1.83. The van der Waals surface area contributed by atoms with Crippen LogP contribution in [0.15, 0.2) is 85.1 Å². The van der Waals surface area contributed by atoms with Crippen molar-refractivity contribution in [2.24, 2.45) is 0 Å². The van der Waals surface area contributed by atoms with Gasteiger partial charge < -0.3 is 9.84 Å². The van der Waals surface area contributed by atoms with Crippen molar-refractivity contribution in [1.82, 2.24) is 4.37 Å². The van der Waals surface area contributed by atoms with Crippen molar-refractivity contribution in [3.8, 4) is 21.6 Å². The Morgan fingerprint density at radius 3 is 2.14 bits per heavy atom. The van der Waals surface area contributed by atoms with E-state index in [4.69, 9.17) is 4.74 Å². The van der Waals surface area contributed by atoms with E-state index in [1.807, 2.05) is 85.8 Å². The second-order valence-electron chi connectivity index (χ2n) is 8.69. The molecule has 1 atom stereocenters. The molecule has 0 aliphatic heterocycles. The average molecular weight is 485 g/mol. The molecular weight excluding hydrogens is 460 g/mol. The van der Waals surface area contributed by atoms with Gasteiger partial charge in [-0.2, -0.15) is 4.37 Å². The van der Waals surface area contributed by atoms with E-state index in [9.17, 15) is 14.7 Å². The molecule has 1 amide bonds. The maximum absolute atomic E-state index is 12.5. The fourth-order valence-corrected chi connectivity index (χ4v) is 4.88. The number of hydrogen-bond donors (Lipinski definition) is 2. The Kier molecular flexibility index (Phi) is 6.09. The van der Waals surface area contributed by atoms with E-state index in [0.717, 1.165) is 32.7 Å². The summed E-state index contributed by atoms with van der Waals surface area (Å²) in [6.07, 6.45) is 2.11. The predicted molar refractivity (Wildman–Crippen MR) is 136 cm³/mol. The summed E-state index contributed by atoms with van der Waals surface area (Å²) < 4.78 is 9.77. The van der Waals surface area contributed by atoms with E-state index >= 15 is 0 Å². The molecule has 1 aliphatic carbocycles. The summed E-state index contributed by atoms with van der Waals surface area (Å²) >= 11 is 1.30. The number of hydrogen-bond acceptors (Lipinski definition) is 5. The highest BCUT2D eigenvalue weighted by molar-refractivity contribution is 7.10. The summed E-state index contributed by atoms with van der Waals surface area (Å²) in [4.78, 5) is 24.9. The lowest BCUT2D eigenvalue weighted by Gasteiger charge is -2.14. The van der Waals surface area contributed by atoms with E-state index < -0.39 is 17.5 Å². The van der Waals surface area contributed by atoms with E-state index in [1.165, 1.54) is 11.5 Å². The minimum absolute atomic E-state index is 0.373. The van der Waals surface area contributed by atoms with Gasteiger partial charge in [0.25, 0.3) is 0 Å². The lowest BCUT2D eigenvalue weighted by Crippen LogP contribution is -2.19. The normalized spacial score (nSPS) is 14.7. The molecule has 2 N–H and O–H groups in total. The summed E-state index contributed by atoms with van der Waals surface area (Å²) in [5.74, 6) is -0.748. The molecule has 3 aromatic carbocycles. The Bertz CT molecular complexity index is 1340. The number of amides is 1. The summed E-state index contributed by atoms with van der Waals surface area (Å²) in [6, 6.07) is 25.3. The van der Waals surface area contributed by atoms with Crippen LogP contribution in [0.4, 0.5) is 10.5 Å². The van der Waals surface area contributed by atoms with Crippen LogP contribution < -0.4 is 5.32 Å². The maximum Gasteiger partial charge on any atom is 0.412 e. The van der Waals surface area contributed by atoms with Crippen LogP contribution in [-0.2, 0) is 14.9 Å². The molecule has 176 valence electrons. The number of benzene rings is 3. The number of aliphatic carboxylic acids is 1. The fourth-order valence-electron chi connectivity index (χ4n) is 4.18. The van der Waals surface area contributed by atoms with E-state index in [1.54, 1.807) is 6.20 Å². The Balaban J connectivity index is 1.27. The Morgan fingerprint density at radius 1 is 0.943 bits per heavy atom. The van der Waals surface area contributed by atoms with Crippen LogP contribution in [0.5, 0.6) is 0 Å². The molecule has 5 rings (SSSR count). The predicted octanol–water partition coefficient (Wildman–Crippen LogP) is 6.90. The Morgan fingerprint density at radius 2 is 1.54 bits per heavy atom. The average Bonchev–Trinajstić information content (AvgIpc) is 3.58. The lowest BCUT2D eigenvalue weighted by molar-refractivity contribution is -0.140. The summed E-state index contributed by atoms with van der Waals surface area (Å²) in [5.41, 5.74) is 4.66. The van der Waals surface area contributed by atoms with Crippen LogP contribution >= 0.6 is 11.5 Å². The van der Waals surface area contributed by atoms with Gasteiger partial charge in [0.2, 0.25) is 0 Å². The zero-order valence-corrected chi connectivity index (χ0v) is 19.9. The molecule has 4 aromatic rings. The van der Waals surface area contributed by atoms with Gasteiger partial charge >= 0.3 is 12.1 Å². The quantitative estimate of drug-likeness (QED) is 0.298. The number of nitrogens with one attached hydrogen (secondary N) is 1. The number of carboxylic acids is 1. The fraction of sp³-hybridized carbons (Fsp3) is 0.179. The van der Waals surface area contributed by atoms with Crippen molar-refractivity contribution in [1.29, 1.82) is 0 Å². The molecule has 6 nitrogen and oxygen atoms in total. The molecule has 35 heavy (non-hydrogen) atoms. The van der Waals surface area contributed by atoms with Gasteiger partial charge in [0.1, 0.15) is 6.10 Å². The molecule has 0 radical (unpaired) electrons. The standard InChI is InChI=1S/C28H24N2O4S/c1-18(19-5-3-2-4-6-19)34-27(33)30-24-17-29-35-25(24)22-9-7-20(8-10-22)21-11-13-23(14-12-21)28(15-16-28)26(31)32/h2-14,17-18H,15-16H2,1H3,(H,30,33)(H,31,32)/t18-/m1/s1.